The van der Waals surface area contributed by atoms with Gasteiger partial charge in [0.25, 0.3) is 0 Å². The number of nitrogens with one attached hydrogen (secondary N) is 2. The van der Waals surface area contributed by atoms with Crippen LogP contribution in [0, 0.1) is 29.1 Å². The SMILES string of the molecule is C=C[C@H]1[C@@H](O[C@@H]2O[C@H](CO)[C@@H](O)C(O)(O)[C@@H]2OC[NH2+]C)OC=C(C(=O)O[C@H]2CCC3(CCCC3)C2)[C@H]1C=CC1C[NH+](CCO)CC(C(=O)[O-])C1NC(N)=NCCCO. The van der Waals surface area contributed by atoms with E-state index < -0.39 is 84.9 Å². The van der Waals surface area contributed by atoms with Crippen molar-refractivity contribution in [2.75, 3.05) is 59.8 Å². The Morgan fingerprint density at radius 3 is 2.57 bits per heavy atom. The second-order valence-corrected chi connectivity index (χ2v) is 16.3. The number of allylic oxidation sites excluding steroid dienone is 1. The molecule has 4 unspecified atom stereocenters. The van der Waals surface area contributed by atoms with Crippen LogP contribution in [0.25, 0.3) is 0 Å². The summed E-state index contributed by atoms with van der Waals surface area (Å²) in [6.07, 6.45) is 5.27. The number of hydrogen-bond donors (Lipinski definition) is 10. The summed E-state index contributed by atoms with van der Waals surface area (Å²) in [5.41, 5.74) is 6.50. The van der Waals surface area contributed by atoms with Crippen LogP contribution in [-0.4, -0.2) is 157 Å². The molecule has 4 fully saturated rings. The van der Waals surface area contributed by atoms with Crippen molar-refractivity contribution >= 4 is 17.9 Å². The van der Waals surface area contributed by atoms with E-state index in [1.54, 1.807) is 24.5 Å². The summed E-state index contributed by atoms with van der Waals surface area (Å²) in [6.45, 7) is 3.84. The van der Waals surface area contributed by atoms with Gasteiger partial charge in [-0.05, 0) is 43.9 Å². The van der Waals surface area contributed by atoms with Crippen molar-refractivity contribution in [1.29, 1.82) is 0 Å². The molecule has 5 aliphatic rings. The van der Waals surface area contributed by atoms with Crippen LogP contribution in [0.15, 0.2) is 41.6 Å². The second kappa shape index (κ2) is 20.9. The van der Waals surface area contributed by atoms with Gasteiger partial charge in [0, 0.05) is 25.0 Å². The molecule has 0 aromatic heterocycles. The molecular formula is C39H64N5O14+. The number of nitrogens with two attached hydrogens (primary N) is 2. The molecule has 0 radical (unpaired) electrons. The first-order valence-electron chi connectivity index (χ1n) is 20.4. The summed E-state index contributed by atoms with van der Waals surface area (Å²) >= 11 is 0. The number of quaternary nitrogens is 2. The number of guanidine groups is 1. The minimum atomic E-state index is -2.91. The molecule has 0 bridgehead atoms. The smallest absolute Gasteiger partial charge is 0.338 e. The van der Waals surface area contributed by atoms with Crippen molar-refractivity contribution < 1.29 is 79.2 Å². The Morgan fingerprint density at radius 2 is 1.91 bits per heavy atom. The van der Waals surface area contributed by atoms with Gasteiger partial charge in [-0.1, -0.05) is 31.1 Å². The zero-order chi connectivity index (χ0) is 42.0. The van der Waals surface area contributed by atoms with Crippen molar-refractivity contribution in [1.82, 2.24) is 5.32 Å². The number of rotatable bonds is 18. The van der Waals surface area contributed by atoms with Gasteiger partial charge in [0.15, 0.2) is 25.1 Å². The molecule has 5 rings (SSSR count). The van der Waals surface area contributed by atoms with Crippen LogP contribution in [0.1, 0.15) is 51.4 Å². The number of carboxylic acid groups (broad SMARTS) is 1. The third-order valence-corrected chi connectivity index (χ3v) is 12.3. The van der Waals surface area contributed by atoms with E-state index in [1.807, 2.05) is 0 Å². The highest BCUT2D eigenvalue weighted by Gasteiger charge is 2.58. The van der Waals surface area contributed by atoms with Crippen LogP contribution in [0.5, 0.6) is 0 Å². The molecule has 0 amide bonds. The highest BCUT2D eigenvalue weighted by atomic mass is 16.8. The molecule has 3 heterocycles. The fourth-order valence-electron chi connectivity index (χ4n) is 9.29. The van der Waals surface area contributed by atoms with Gasteiger partial charge in [-0.2, -0.15) is 0 Å². The van der Waals surface area contributed by atoms with Gasteiger partial charge in [0.2, 0.25) is 12.1 Å². The van der Waals surface area contributed by atoms with E-state index in [4.69, 9.17) is 29.4 Å². The van der Waals surface area contributed by atoms with E-state index in [0.29, 0.717) is 13.0 Å². The van der Waals surface area contributed by atoms with E-state index in [-0.39, 0.29) is 62.6 Å². The lowest BCUT2D eigenvalue weighted by molar-refractivity contribution is -0.911. The van der Waals surface area contributed by atoms with Crippen molar-refractivity contribution in [3.8, 4) is 0 Å². The van der Waals surface area contributed by atoms with Gasteiger partial charge >= 0.3 is 5.97 Å². The molecule has 2 saturated heterocycles. The summed E-state index contributed by atoms with van der Waals surface area (Å²) in [5, 5.41) is 78.7. The number of ether oxygens (including phenoxy) is 5. The van der Waals surface area contributed by atoms with Gasteiger partial charge in [-0.3, -0.25) is 4.99 Å². The van der Waals surface area contributed by atoms with Crippen LogP contribution >= 0.6 is 0 Å². The summed E-state index contributed by atoms with van der Waals surface area (Å²) in [4.78, 5) is 31.7. The molecule has 58 heavy (non-hydrogen) atoms. The number of aliphatic hydroxyl groups excluding tert-OH is 4. The molecular weight excluding hydrogens is 762 g/mol. The fraction of sp³-hybridized carbons (Fsp3) is 0.769. The van der Waals surface area contributed by atoms with E-state index in [1.165, 1.54) is 12.3 Å². The standard InChI is InChI=1S/C39H63N5O14/c1-3-25-26(8-7-23-18-44(14-16-46)19-27(33(49)50)30(23)43-37(40)42-13-6-15-45)28(34(51)56-24-9-12-38(17-24)10-4-5-11-38)21-54-35(25)58-36-32(55-22-41-2)39(52,53)31(48)29(20-47)57-36/h3,7-8,21,23-27,29-32,35-36,41,45-48,52-53H,1,4-6,9-20,22H2,2H3,(H,49,50)(H3,40,42,43)/p+1/t23?,24-,25+,26-,27?,29+,30?,31+,32+,35+,36-/m0/s1. The normalized spacial score (nSPS) is 36.1. The van der Waals surface area contributed by atoms with Crippen molar-refractivity contribution in [2.45, 2.75) is 100 Å². The number of aliphatic imine (C=N–C) groups is 1. The van der Waals surface area contributed by atoms with E-state index in [9.17, 15) is 45.3 Å². The molecule has 19 heteroatoms. The predicted molar refractivity (Wildman–Crippen MR) is 201 cm³/mol. The molecule has 19 nitrogen and oxygen atoms in total. The number of carbonyl (C=O) groups excluding carboxylic acids is 2. The van der Waals surface area contributed by atoms with Crippen molar-refractivity contribution in [2.24, 2.45) is 39.8 Å². The molecule has 328 valence electrons. The van der Waals surface area contributed by atoms with Gasteiger partial charge in [-0.15, -0.1) is 6.58 Å². The fourth-order valence-corrected chi connectivity index (χ4v) is 9.29. The number of carboxylic acids is 1. The Bertz CT molecular complexity index is 1470. The quantitative estimate of drug-likeness (QED) is 0.0154. The molecule has 12 atom stereocenters. The predicted octanol–water partition coefficient (Wildman–Crippen LogP) is -5.30. The average molecular weight is 827 g/mol. The zero-order valence-electron chi connectivity index (χ0n) is 33.2. The minimum absolute atomic E-state index is 0.0157. The number of piperidine rings is 1. The minimum Gasteiger partial charge on any atom is -0.550 e. The third kappa shape index (κ3) is 10.7. The van der Waals surface area contributed by atoms with Crippen LogP contribution < -0.4 is 26.4 Å². The van der Waals surface area contributed by atoms with Crippen molar-refractivity contribution in [3.63, 3.8) is 0 Å². The Morgan fingerprint density at radius 1 is 1.16 bits per heavy atom. The van der Waals surface area contributed by atoms with Gasteiger partial charge in [0.1, 0.15) is 24.9 Å². The zero-order valence-corrected chi connectivity index (χ0v) is 33.2. The Balaban J connectivity index is 1.48. The van der Waals surface area contributed by atoms with Crippen LogP contribution in [-0.2, 0) is 33.3 Å². The van der Waals surface area contributed by atoms with E-state index in [2.05, 4.69) is 16.9 Å². The lowest BCUT2D eigenvalue weighted by Gasteiger charge is -2.47. The van der Waals surface area contributed by atoms with Crippen LogP contribution in [0.2, 0.25) is 0 Å². The summed E-state index contributed by atoms with van der Waals surface area (Å²) in [5.74, 6) is -8.21. The summed E-state index contributed by atoms with van der Waals surface area (Å²) in [6, 6.07) is -0.816. The topological polar surface area (TPSA) is 296 Å². The highest BCUT2D eigenvalue weighted by molar-refractivity contribution is 5.89. The lowest BCUT2D eigenvalue weighted by Crippen LogP contribution is -3.16. The largest absolute Gasteiger partial charge is 0.550 e. The first-order valence-corrected chi connectivity index (χ1v) is 20.4. The first-order chi connectivity index (χ1) is 27.8. The third-order valence-electron chi connectivity index (χ3n) is 12.3. The van der Waals surface area contributed by atoms with Crippen LogP contribution in [0.4, 0.5) is 0 Å². The number of nitrogens with zero attached hydrogens (tertiary/aromatic N) is 1. The number of likely N-dealkylation sites (tertiary alicyclic amines) is 1. The lowest BCUT2D eigenvalue weighted by atomic mass is 9.79. The van der Waals surface area contributed by atoms with Gasteiger partial charge < -0.3 is 85.5 Å². The van der Waals surface area contributed by atoms with E-state index in [0.717, 1.165) is 49.8 Å². The van der Waals surface area contributed by atoms with Crippen LogP contribution in [0.3, 0.4) is 0 Å². The highest BCUT2D eigenvalue weighted by Crippen LogP contribution is 2.51. The molecule has 0 aromatic rings. The van der Waals surface area contributed by atoms with Gasteiger partial charge in [-0.25, -0.2) is 4.79 Å². The summed E-state index contributed by atoms with van der Waals surface area (Å²) < 4.78 is 29.8. The Hall–Kier alpha value is -3.21. The Kier molecular flexibility index (Phi) is 16.5. The number of hydrogen-bond acceptors (Lipinski definition) is 15. The maximum absolute atomic E-state index is 14.1. The number of aliphatic carboxylic acids is 1. The number of aliphatic hydroxyl groups is 6. The first kappa shape index (κ1) is 45.9. The molecule has 12 N–H and O–H groups in total. The van der Waals surface area contributed by atoms with Gasteiger partial charge in [0.05, 0.1) is 69.0 Å². The monoisotopic (exact) mass is 826 g/mol. The summed E-state index contributed by atoms with van der Waals surface area (Å²) in [7, 11) is 1.67. The molecule has 2 aliphatic carbocycles. The Labute approximate surface area is 338 Å². The molecule has 1 spiro atoms. The molecule has 2 saturated carbocycles. The number of esters is 1. The maximum atomic E-state index is 14.1. The maximum Gasteiger partial charge on any atom is 0.338 e. The number of carbonyl (C=O) groups is 2. The second-order valence-electron chi connectivity index (χ2n) is 16.3. The molecule has 0 aromatic carbocycles. The average Bonchev–Trinajstić information content (AvgIpc) is 3.83. The van der Waals surface area contributed by atoms with Crippen molar-refractivity contribution in [3.05, 3.63) is 36.6 Å². The van der Waals surface area contributed by atoms with E-state index >= 15 is 0 Å². The molecule has 3 aliphatic heterocycles.